The Morgan fingerprint density at radius 2 is 1.95 bits per heavy atom. The second-order valence-electron chi connectivity index (χ2n) is 6.23. The van der Waals surface area contributed by atoms with Crippen LogP contribution in [-0.2, 0) is 4.79 Å². The van der Waals surface area contributed by atoms with Gasteiger partial charge >= 0.3 is 6.03 Å². The number of anilines is 1. The van der Waals surface area contributed by atoms with Crippen LogP contribution in [0.25, 0.3) is 0 Å². The van der Waals surface area contributed by atoms with Crippen molar-refractivity contribution in [3.05, 3.63) is 28.8 Å². The molecule has 1 fully saturated rings. The lowest BCUT2D eigenvalue weighted by atomic mass is 9.83. The van der Waals surface area contributed by atoms with Gasteiger partial charge in [-0.15, -0.1) is 0 Å². The average molecular weight is 295 g/mol. The van der Waals surface area contributed by atoms with Crippen LogP contribution in [0.2, 0.25) is 5.02 Å². The largest absolute Gasteiger partial charge is 0.334 e. The van der Waals surface area contributed by atoms with Crippen LogP contribution in [0.1, 0.15) is 32.8 Å². The highest BCUT2D eigenvalue weighted by molar-refractivity contribution is 6.32. The van der Waals surface area contributed by atoms with Crippen LogP contribution in [0, 0.1) is 12.3 Å². The molecule has 1 N–H and O–H groups in total. The summed E-state index contributed by atoms with van der Waals surface area (Å²) in [6.45, 7) is 7.89. The van der Waals surface area contributed by atoms with Gasteiger partial charge in [0.05, 0.1) is 5.69 Å². The van der Waals surface area contributed by atoms with Gasteiger partial charge in [-0.05, 0) is 30.0 Å². The maximum Gasteiger partial charge on any atom is 0.328 e. The number of imide groups is 1. The van der Waals surface area contributed by atoms with E-state index in [0.29, 0.717) is 17.1 Å². The highest BCUT2D eigenvalue weighted by Crippen LogP contribution is 2.29. The molecule has 1 aliphatic heterocycles. The molecule has 0 aromatic heterocycles. The van der Waals surface area contributed by atoms with Crippen LogP contribution in [0.3, 0.4) is 0 Å². The molecule has 0 spiro atoms. The molecular formula is C15H19ClN2O2. The molecule has 1 aliphatic rings. The van der Waals surface area contributed by atoms with Crippen molar-refractivity contribution in [1.82, 2.24) is 5.32 Å². The van der Waals surface area contributed by atoms with Crippen LogP contribution >= 0.6 is 11.6 Å². The molecule has 2 rings (SSSR count). The minimum absolute atomic E-state index is 0.150. The first-order chi connectivity index (χ1) is 9.20. The first kappa shape index (κ1) is 14.9. The zero-order valence-corrected chi connectivity index (χ0v) is 12.9. The third kappa shape index (κ3) is 2.80. The van der Waals surface area contributed by atoms with Crippen LogP contribution in [0.4, 0.5) is 10.5 Å². The summed E-state index contributed by atoms with van der Waals surface area (Å²) in [4.78, 5) is 25.7. The number of nitrogens with one attached hydrogen (secondary N) is 1. The van der Waals surface area contributed by atoms with Crippen molar-refractivity contribution >= 4 is 29.2 Å². The second kappa shape index (κ2) is 5.09. The smallest absolute Gasteiger partial charge is 0.328 e. The van der Waals surface area contributed by atoms with Crippen molar-refractivity contribution in [2.24, 2.45) is 5.41 Å². The average Bonchev–Trinajstić information content (AvgIpc) is 2.31. The summed E-state index contributed by atoms with van der Waals surface area (Å²) in [5, 5.41) is 3.44. The van der Waals surface area contributed by atoms with Crippen LogP contribution in [0.5, 0.6) is 0 Å². The van der Waals surface area contributed by atoms with Crippen molar-refractivity contribution in [2.75, 3.05) is 4.90 Å². The molecular weight excluding hydrogens is 276 g/mol. The normalized spacial score (nSPS) is 20.1. The standard InChI is InChI=1S/C15H19ClN2O2/c1-9-5-6-10(7-11(9)16)18-13(19)8-12(15(2,3)4)17-14(18)20/h5-7,12H,8H2,1-4H3,(H,17,20). The Morgan fingerprint density at radius 1 is 1.30 bits per heavy atom. The molecule has 0 aliphatic carbocycles. The van der Waals surface area contributed by atoms with E-state index in [-0.39, 0.29) is 23.4 Å². The topological polar surface area (TPSA) is 49.4 Å². The van der Waals surface area contributed by atoms with Crippen LogP contribution in [0.15, 0.2) is 18.2 Å². The van der Waals surface area contributed by atoms with Gasteiger partial charge in [0.2, 0.25) is 5.91 Å². The van der Waals surface area contributed by atoms with Gasteiger partial charge in [0, 0.05) is 17.5 Å². The lowest BCUT2D eigenvalue weighted by Crippen LogP contribution is -2.58. The summed E-state index contributed by atoms with van der Waals surface area (Å²) < 4.78 is 0. The molecule has 4 nitrogen and oxygen atoms in total. The van der Waals surface area contributed by atoms with E-state index in [9.17, 15) is 9.59 Å². The maximum atomic E-state index is 12.3. The third-order valence-corrected chi connectivity index (χ3v) is 4.00. The molecule has 108 valence electrons. The fourth-order valence-electron chi connectivity index (χ4n) is 2.15. The molecule has 1 heterocycles. The van der Waals surface area contributed by atoms with Crippen molar-refractivity contribution < 1.29 is 9.59 Å². The highest BCUT2D eigenvalue weighted by Gasteiger charge is 2.38. The summed E-state index contributed by atoms with van der Waals surface area (Å²) in [7, 11) is 0. The summed E-state index contributed by atoms with van der Waals surface area (Å²) >= 11 is 6.06. The molecule has 1 saturated heterocycles. The molecule has 3 amide bonds. The summed E-state index contributed by atoms with van der Waals surface area (Å²) in [5.74, 6) is -0.200. The number of rotatable bonds is 1. The van der Waals surface area contributed by atoms with Crippen LogP contribution in [-0.4, -0.2) is 18.0 Å². The number of amides is 3. The van der Waals surface area contributed by atoms with E-state index in [4.69, 9.17) is 11.6 Å². The molecule has 0 bridgehead atoms. The minimum atomic E-state index is -0.388. The number of halogens is 1. The van der Waals surface area contributed by atoms with E-state index in [2.05, 4.69) is 5.32 Å². The van der Waals surface area contributed by atoms with Gasteiger partial charge in [-0.3, -0.25) is 4.79 Å². The lowest BCUT2D eigenvalue weighted by molar-refractivity contribution is -0.119. The van der Waals surface area contributed by atoms with Gasteiger partial charge < -0.3 is 5.32 Å². The Balaban J connectivity index is 2.28. The van der Waals surface area contributed by atoms with E-state index < -0.39 is 0 Å². The van der Waals surface area contributed by atoms with E-state index in [0.717, 1.165) is 10.5 Å². The van der Waals surface area contributed by atoms with E-state index in [1.807, 2.05) is 27.7 Å². The number of aryl methyl sites for hydroxylation is 1. The molecule has 1 atom stereocenters. The second-order valence-corrected chi connectivity index (χ2v) is 6.64. The quantitative estimate of drug-likeness (QED) is 0.861. The summed E-state index contributed by atoms with van der Waals surface area (Å²) in [6, 6.07) is 4.64. The van der Waals surface area contributed by atoms with Crippen molar-refractivity contribution in [2.45, 2.75) is 40.2 Å². The van der Waals surface area contributed by atoms with Gasteiger partial charge in [-0.1, -0.05) is 38.4 Å². The summed E-state index contributed by atoms with van der Waals surface area (Å²) in [6.07, 6.45) is 0.292. The predicted octanol–water partition coefficient (Wildman–Crippen LogP) is 3.51. The predicted molar refractivity (Wildman–Crippen MR) is 80.1 cm³/mol. The maximum absolute atomic E-state index is 12.3. The Bertz CT molecular complexity index is 545. The Morgan fingerprint density at radius 3 is 2.45 bits per heavy atom. The molecule has 1 unspecified atom stereocenters. The monoisotopic (exact) mass is 294 g/mol. The Hall–Kier alpha value is -1.55. The van der Waals surface area contributed by atoms with Gasteiger partial charge in [0.1, 0.15) is 0 Å². The lowest BCUT2D eigenvalue weighted by Gasteiger charge is -2.38. The SMILES string of the molecule is Cc1ccc(N2C(=O)CC(C(C)(C)C)NC2=O)cc1Cl. The fraction of sp³-hybridized carbons (Fsp3) is 0.467. The van der Waals surface area contributed by atoms with E-state index in [1.54, 1.807) is 18.2 Å². The number of benzene rings is 1. The van der Waals surface area contributed by atoms with Gasteiger partial charge in [0.15, 0.2) is 0 Å². The molecule has 1 aromatic carbocycles. The number of hydrogen-bond acceptors (Lipinski definition) is 2. The van der Waals surface area contributed by atoms with Gasteiger partial charge in [-0.25, -0.2) is 9.69 Å². The first-order valence-corrected chi connectivity index (χ1v) is 6.97. The molecule has 1 aromatic rings. The summed E-state index contributed by atoms with van der Waals surface area (Å²) in [5.41, 5.74) is 1.27. The molecule has 5 heteroatoms. The highest BCUT2D eigenvalue weighted by atomic mass is 35.5. The Kier molecular flexibility index (Phi) is 3.78. The number of urea groups is 1. The van der Waals surface area contributed by atoms with E-state index >= 15 is 0 Å². The minimum Gasteiger partial charge on any atom is -0.334 e. The first-order valence-electron chi connectivity index (χ1n) is 6.60. The van der Waals surface area contributed by atoms with E-state index in [1.165, 1.54) is 0 Å². The van der Waals surface area contributed by atoms with Crippen LogP contribution < -0.4 is 10.2 Å². The third-order valence-electron chi connectivity index (χ3n) is 3.59. The van der Waals surface area contributed by atoms with Gasteiger partial charge in [-0.2, -0.15) is 0 Å². The number of hydrogen-bond donors (Lipinski definition) is 1. The van der Waals surface area contributed by atoms with Crippen molar-refractivity contribution in [3.63, 3.8) is 0 Å². The van der Waals surface area contributed by atoms with Crippen molar-refractivity contribution in [1.29, 1.82) is 0 Å². The zero-order valence-electron chi connectivity index (χ0n) is 12.2. The molecule has 20 heavy (non-hydrogen) atoms. The zero-order chi connectivity index (χ0) is 15.1. The number of nitrogens with zero attached hydrogens (tertiary/aromatic N) is 1. The number of carbonyl (C=O) groups is 2. The Labute approximate surface area is 124 Å². The van der Waals surface area contributed by atoms with Gasteiger partial charge in [0.25, 0.3) is 0 Å². The molecule has 0 radical (unpaired) electrons. The number of carbonyl (C=O) groups excluding carboxylic acids is 2. The fourth-order valence-corrected chi connectivity index (χ4v) is 2.32. The van der Waals surface area contributed by atoms with Crippen molar-refractivity contribution in [3.8, 4) is 0 Å². The molecule has 0 saturated carbocycles.